The van der Waals surface area contributed by atoms with Crippen molar-refractivity contribution >= 4 is 11.6 Å². The van der Waals surface area contributed by atoms with Gasteiger partial charge in [-0.3, -0.25) is 4.57 Å². The maximum Gasteiger partial charge on any atom is 0.133 e. The maximum atomic E-state index is 6.16. The third kappa shape index (κ3) is 1.37. The molecule has 0 spiro atoms. The average Bonchev–Trinajstić information content (AvgIpc) is 2.52. The van der Waals surface area contributed by atoms with E-state index >= 15 is 0 Å². The van der Waals surface area contributed by atoms with Crippen molar-refractivity contribution in [2.75, 3.05) is 0 Å². The van der Waals surface area contributed by atoms with Crippen LogP contribution in [-0.2, 0) is 12.8 Å². The van der Waals surface area contributed by atoms with Crippen molar-refractivity contribution in [2.45, 2.75) is 19.3 Å². The van der Waals surface area contributed by atoms with E-state index in [0.29, 0.717) is 5.15 Å². The molecule has 76 valence electrons. The first kappa shape index (κ1) is 8.98. The number of para-hydroxylation sites is 1. The molecule has 1 aliphatic heterocycles. The van der Waals surface area contributed by atoms with Gasteiger partial charge in [-0.25, -0.2) is 4.98 Å². The standard InChI is InChI=1S/C12H11ClN2/c13-11-8-14-12-7-3-5-9-4-1-2-6-10(9)15(11)12/h1-2,4,6,8H,3,5,7H2. The molecule has 0 N–H and O–H groups in total. The van der Waals surface area contributed by atoms with Crippen LogP contribution in [0.15, 0.2) is 30.5 Å². The SMILES string of the molecule is Clc1cnc2n1-c1ccccc1CCC2. The molecule has 1 aromatic carbocycles. The average molecular weight is 219 g/mol. The Morgan fingerprint density at radius 2 is 2.07 bits per heavy atom. The summed E-state index contributed by atoms with van der Waals surface area (Å²) in [6.45, 7) is 0. The predicted octanol–water partition coefficient (Wildman–Crippen LogP) is 3.01. The lowest BCUT2D eigenvalue weighted by Gasteiger charge is -2.09. The van der Waals surface area contributed by atoms with Crippen molar-refractivity contribution in [1.29, 1.82) is 0 Å². The van der Waals surface area contributed by atoms with Gasteiger partial charge in [0.05, 0.1) is 11.9 Å². The van der Waals surface area contributed by atoms with Crippen LogP contribution in [0, 0.1) is 0 Å². The van der Waals surface area contributed by atoms with Gasteiger partial charge in [0.1, 0.15) is 11.0 Å². The number of hydrogen-bond donors (Lipinski definition) is 0. The number of nitrogens with zero attached hydrogens (tertiary/aromatic N) is 2. The lowest BCUT2D eigenvalue weighted by Crippen LogP contribution is -2.00. The molecule has 3 heteroatoms. The number of aromatic nitrogens is 2. The van der Waals surface area contributed by atoms with Gasteiger partial charge < -0.3 is 0 Å². The molecule has 2 nitrogen and oxygen atoms in total. The van der Waals surface area contributed by atoms with Gasteiger partial charge in [-0.2, -0.15) is 0 Å². The zero-order valence-electron chi connectivity index (χ0n) is 8.28. The van der Waals surface area contributed by atoms with Crippen LogP contribution in [0.25, 0.3) is 5.69 Å². The third-order valence-electron chi connectivity index (χ3n) is 2.87. The molecule has 0 fully saturated rings. The quantitative estimate of drug-likeness (QED) is 0.665. The van der Waals surface area contributed by atoms with Crippen molar-refractivity contribution in [3.8, 4) is 5.69 Å². The van der Waals surface area contributed by atoms with Crippen LogP contribution in [-0.4, -0.2) is 9.55 Å². The first-order valence-electron chi connectivity index (χ1n) is 5.16. The Balaban J connectivity index is 2.30. The minimum atomic E-state index is 0.708. The van der Waals surface area contributed by atoms with Gasteiger partial charge in [0, 0.05) is 6.42 Å². The molecule has 15 heavy (non-hydrogen) atoms. The lowest BCUT2D eigenvalue weighted by molar-refractivity contribution is 0.790. The van der Waals surface area contributed by atoms with E-state index in [4.69, 9.17) is 11.6 Å². The van der Waals surface area contributed by atoms with Crippen LogP contribution in [0.3, 0.4) is 0 Å². The van der Waals surface area contributed by atoms with Crippen LogP contribution in [0.4, 0.5) is 0 Å². The molecule has 0 saturated heterocycles. The van der Waals surface area contributed by atoms with Gasteiger partial charge in [0.2, 0.25) is 0 Å². The van der Waals surface area contributed by atoms with Crippen molar-refractivity contribution in [3.63, 3.8) is 0 Å². The summed E-state index contributed by atoms with van der Waals surface area (Å²) in [6, 6.07) is 8.40. The van der Waals surface area contributed by atoms with Crippen LogP contribution < -0.4 is 0 Å². The van der Waals surface area contributed by atoms with Crippen LogP contribution >= 0.6 is 11.6 Å². The Bertz CT molecular complexity index is 502. The summed E-state index contributed by atoms with van der Waals surface area (Å²) in [4.78, 5) is 4.35. The number of imidazole rings is 1. The summed E-state index contributed by atoms with van der Waals surface area (Å²) < 4.78 is 2.06. The lowest BCUT2D eigenvalue weighted by atomic mass is 10.1. The van der Waals surface area contributed by atoms with Gasteiger partial charge in [0.15, 0.2) is 0 Å². The number of aryl methyl sites for hydroxylation is 2. The first-order valence-corrected chi connectivity index (χ1v) is 5.54. The molecule has 0 atom stereocenters. The minimum Gasteiger partial charge on any atom is -0.287 e. The fraction of sp³-hybridized carbons (Fsp3) is 0.250. The molecule has 0 saturated carbocycles. The highest BCUT2D eigenvalue weighted by atomic mass is 35.5. The Hall–Kier alpha value is -1.28. The van der Waals surface area contributed by atoms with Crippen LogP contribution in [0.5, 0.6) is 0 Å². The Labute approximate surface area is 93.5 Å². The molecular weight excluding hydrogens is 208 g/mol. The zero-order chi connectivity index (χ0) is 10.3. The second kappa shape index (κ2) is 3.38. The van der Waals surface area contributed by atoms with E-state index in [0.717, 1.165) is 25.1 Å². The van der Waals surface area contributed by atoms with Crippen LogP contribution in [0.2, 0.25) is 5.15 Å². The van der Waals surface area contributed by atoms with E-state index in [1.165, 1.54) is 11.3 Å². The van der Waals surface area contributed by atoms with Crippen LogP contribution in [0.1, 0.15) is 17.8 Å². The number of rotatable bonds is 0. The molecule has 3 rings (SSSR count). The summed E-state index contributed by atoms with van der Waals surface area (Å²) in [7, 11) is 0. The van der Waals surface area contributed by atoms with Gasteiger partial charge in [-0.15, -0.1) is 0 Å². The van der Waals surface area contributed by atoms with E-state index in [1.54, 1.807) is 6.20 Å². The summed E-state index contributed by atoms with van der Waals surface area (Å²) >= 11 is 6.16. The fourth-order valence-corrected chi connectivity index (χ4v) is 2.41. The van der Waals surface area contributed by atoms with E-state index in [1.807, 2.05) is 6.07 Å². The maximum absolute atomic E-state index is 6.16. The molecule has 2 aromatic rings. The predicted molar refractivity (Wildman–Crippen MR) is 60.6 cm³/mol. The highest BCUT2D eigenvalue weighted by Gasteiger charge is 2.16. The Morgan fingerprint density at radius 3 is 3.00 bits per heavy atom. The minimum absolute atomic E-state index is 0.708. The molecule has 1 aromatic heterocycles. The smallest absolute Gasteiger partial charge is 0.133 e. The Kier molecular flexibility index (Phi) is 2.03. The summed E-state index contributed by atoms with van der Waals surface area (Å²) in [5, 5.41) is 0.708. The molecule has 0 aliphatic carbocycles. The molecule has 0 amide bonds. The topological polar surface area (TPSA) is 17.8 Å². The van der Waals surface area contributed by atoms with Gasteiger partial charge in [0.25, 0.3) is 0 Å². The number of hydrogen-bond acceptors (Lipinski definition) is 1. The van der Waals surface area contributed by atoms with E-state index in [2.05, 4.69) is 27.8 Å². The van der Waals surface area contributed by atoms with Gasteiger partial charge >= 0.3 is 0 Å². The molecule has 1 aliphatic rings. The first-order chi connectivity index (χ1) is 7.36. The van der Waals surface area contributed by atoms with E-state index in [-0.39, 0.29) is 0 Å². The number of fused-ring (bicyclic) bond motifs is 3. The number of halogens is 1. The molecule has 0 bridgehead atoms. The Morgan fingerprint density at radius 1 is 1.20 bits per heavy atom. The summed E-state index contributed by atoms with van der Waals surface area (Å²) in [6.07, 6.45) is 4.99. The monoisotopic (exact) mass is 218 g/mol. The zero-order valence-corrected chi connectivity index (χ0v) is 9.04. The third-order valence-corrected chi connectivity index (χ3v) is 3.14. The second-order valence-corrected chi connectivity index (χ2v) is 4.20. The van der Waals surface area contributed by atoms with Crippen molar-refractivity contribution in [2.24, 2.45) is 0 Å². The molecule has 2 heterocycles. The number of benzene rings is 1. The summed E-state index contributed by atoms with van der Waals surface area (Å²) in [5.74, 6) is 1.07. The molecule has 0 radical (unpaired) electrons. The normalized spacial score (nSPS) is 14.2. The van der Waals surface area contributed by atoms with Crippen molar-refractivity contribution in [3.05, 3.63) is 47.0 Å². The molecular formula is C12H11ClN2. The molecule has 0 unspecified atom stereocenters. The summed E-state index contributed by atoms with van der Waals surface area (Å²) in [5.41, 5.74) is 2.55. The van der Waals surface area contributed by atoms with Crippen molar-refractivity contribution in [1.82, 2.24) is 9.55 Å². The van der Waals surface area contributed by atoms with E-state index < -0.39 is 0 Å². The van der Waals surface area contributed by atoms with E-state index in [9.17, 15) is 0 Å². The van der Waals surface area contributed by atoms with Gasteiger partial charge in [-0.05, 0) is 24.5 Å². The fourth-order valence-electron chi connectivity index (χ4n) is 2.17. The largest absolute Gasteiger partial charge is 0.287 e. The van der Waals surface area contributed by atoms with Gasteiger partial charge in [-0.1, -0.05) is 29.8 Å². The van der Waals surface area contributed by atoms with Crippen molar-refractivity contribution < 1.29 is 0 Å². The highest BCUT2D eigenvalue weighted by molar-refractivity contribution is 6.29. The highest BCUT2D eigenvalue weighted by Crippen LogP contribution is 2.27. The second-order valence-electron chi connectivity index (χ2n) is 3.81.